The summed E-state index contributed by atoms with van der Waals surface area (Å²) in [5.74, 6) is -1.08. The molecule has 1 aliphatic rings. The molecule has 0 spiro atoms. The van der Waals surface area contributed by atoms with E-state index >= 15 is 0 Å². The molecule has 0 N–H and O–H groups in total. The van der Waals surface area contributed by atoms with Crippen molar-refractivity contribution in [3.63, 3.8) is 0 Å². The highest BCUT2D eigenvalue weighted by Gasteiger charge is 2.42. The highest BCUT2D eigenvalue weighted by atomic mass is 19.1. The Morgan fingerprint density at radius 1 is 1.06 bits per heavy atom. The Labute approximate surface area is 193 Å². The van der Waals surface area contributed by atoms with E-state index in [1.165, 1.54) is 19.1 Å². The summed E-state index contributed by atoms with van der Waals surface area (Å²) in [6.07, 6.45) is 0. The molecule has 2 aromatic carbocycles. The van der Waals surface area contributed by atoms with E-state index in [1.54, 1.807) is 18.2 Å². The number of hydrogen-bond donors (Lipinski definition) is 0. The summed E-state index contributed by atoms with van der Waals surface area (Å²) >= 11 is 0. The molecule has 0 unspecified atom stereocenters. The number of esters is 2. The summed E-state index contributed by atoms with van der Waals surface area (Å²) in [5, 5.41) is 0. The minimum atomic E-state index is -0.675. The summed E-state index contributed by atoms with van der Waals surface area (Å²) in [5.41, 5.74) is 0.676. The molecular formula is C26H29FO6. The molecule has 6 nitrogen and oxygen atoms in total. The van der Waals surface area contributed by atoms with Crippen molar-refractivity contribution in [2.75, 3.05) is 26.4 Å². The van der Waals surface area contributed by atoms with Gasteiger partial charge in [-0.2, -0.15) is 0 Å². The first-order chi connectivity index (χ1) is 15.5. The predicted octanol–water partition coefficient (Wildman–Crippen LogP) is 4.96. The Balaban J connectivity index is 1.60. The molecule has 1 heterocycles. The second-order valence-electron chi connectivity index (χ2n) is 9.45. The van der Waals surface area contributed by atoms with E-state index in [1.807, 2.05) is 32.9 Å². The Morgan fingerprint density at radius 2 is 1.70 bits per heavy atom. The average Bonchev–Trinajstić information content (AvgIpc) is 2.73. The van der Waals surface area contributed by atoms with E-state index in [-0.39, 0.29) is 29.3 Å². The maximum absolute atomic E-state index is 14.4. The molecule has 3 rings (SSSR count). The van der Waals surface area contributed by atoms with Gasteiger partial charge in [-0.3, -0.25) is 4.79 Å². The number of carbonyl (C=O) groups excluding carboxylic acids is 2. The molecule has 0 bridgehead atoms. The van der Waals surface area contributed by atoms with Crippen molar-refractivity contribution < 1.29 is 32.9 Å². The van der Waals surface area contributed by atoms with Gasteiger partial charge in [0.15, 0.2) is 11.6 Å². The molecule has 0 radical (unpaired) electrons. The predicted molar refractivity (Wildman–Crippen MR) is 121 cm³/mol. The Morgan fingerprint density at radius 3 is 2.21 bits per heavy atom. The summed E-state index contributed by atoms with van der Waals surface area (Å²) < 4.78 is 36.1. The molecule has 7 heteroatoms. The van der Waals surface area contributed by atoms with Crippen molar-refractivity contribution in [3.05, 3.63) is 60.4 Å². The van der Waals surface area contributed by atoms with Crippen LogP contribution in [0.3, 0.4) is 0 Å². The number of carbonyl (C=O) groups is 2. The van der Waals surface area contributed by atoms with Crippen LogP contribution in [0.1, 0.15) is 27.7 Å². The van der Waals surface area contributed by atoms with Gasteiger partial charge >= 0.3 is 11.9 Å². The van der Waals surface area contributed by atoms with Crippen molar-refractivity contribution in [2.24, 2.45) is 10.8 Å². The zero-order chi connectivity index (χ0) is 24.2. The zero-order valence-corrected chi connectivity index (χ0v) is 19.4. The Kier molecular flexibility index (Phi) is 7.22. The number of benzene rings is 2. The summed E-state index contributed by atoms with van der Waals surface area (Å²) in [6, 6.07) is 11.6. The quantitative estimate of drug-likeness (QED) is 0.318. The van der Waals surface area contributed by atoms with Crippen molar-refractivity contribution >= 4 is 11.9 Å². The van der Waals surface area contributed by atoms with Crippen molar-refractivity contribution in [1.82, 2.24) is 0 Å². The molecule has 0 saturated carbocycles. The second-order valence-corrected chi connectivity index (χ2v) is 9.45. The van der Waals surface area contributed by atoms with Crippen molar-refractivity contribution in [1.29, 1.82) is 0 Å². The van der Waals surface area contributed by atoms with Crippen LogP contribution in [0.15, 0.2) is 54.6 Å². The van der Waals surface area contributed by atoms with E-state index in [0.717, 1.165) is 5.56 Å². The molecule has 0 aliphatic carbocycles. The standard InChI is InChI=1S/C26H29FO6/c1-17(2)23(28)33-22-11-8-19(12-21(22)27)18-6-9-20(10-7-18)31-15-26(13-30-14-26)16-32-24(29)25(3,4)5/h6-12H,1,13-16H2,2-5H3. The fraction of sp³-hybridized carbons (Fsp3) is 0.385. The molecule has 0 atom stereocenters. The number of halogens is 1. The van der Waals surface area contributed by atoms with Gasteiger partial charge in [0, 0.05) is 5.57 Å². The molecule has 1 saturated heterocycles. The maximum Gasteiger partial charge on any atom is 0.338 e. The fourth-order valence-corrected chi connectivity index (χ4v) is 2.96. The van der Waals surface area contributed by atoms with Crippen LogP contribution in [-0.2, 0) is 19.1 Å². The lowest BCUT2D eigenvalue weighted by atomic mass is 9.88. The van der Waals surface area contributed by atoms with Gasteiger partial charge in [0.2, 0.25) is 0 Å². The minimum Gasteiger partial charge on any atom is -0.493 e. The van der Waals surface area contributed by atoms with Crippen LogP contribution < -0.4 is 9.47 Å². The van der Waals surface area contributed by atoms with Crippen LogP contribution in [0.25, 0.3) is 11.1 Å². The van der Waals surface area contributed by atoms with Gasteiger partial charge in [0.1, 0.15) is 19.0 Å². The lowest BCUT2D eigenvalue weighted by Crippen LogP contribution is -2.51. The van der Waals surface area contributed by atoms with E-state index in [4.69, 9.17) is 18.9 Å². The fourth-order valence-electron chi connectivity index (χ4n) is 2.96. The normalized spacial score (nSPS) is 14.7. The first-order valence-electron chi connectivity index (χ1n) is 10.6. The van der Waals surface area contributed by atoms with Crippen LogP contribution in [0.5, 0.6) is 11.5 Å². The summed E-state index contributed by atoms with van der Waals surface area (Å²) in [7, 11) is 0. The molecule has 0 aromatic heterocycles. The van der Waals surface area contributed by atoms with E-state index in [2.05, 4.69) is 6.58 Å². The molecule has 0 amide bonds. The molecule has 1 aliphatic heterocycles. The number of rotatable bonds is 8. The Hall–Kier alpha value is -3.19. The third-order valence-corrected chi connectivity index (χ3v) is 5.15. The van der Waals surface area contributed by atoms with Gasteiger partial charge in [-0.25, -0.2) is 9.18 Å². The topological polar surface area (TPSA) is 71.1 Å². The van der Waals surface area contributed by atoms with Crippen LogP contribution in [0, 0.1) is 16.6 Å². The van der Waals surface area contributed by atoms with Gasteiger partial charge in [0.05, 0.1) is 24.0 Å². The molecule has 176 valence electrons. The summed E-state index contributed by atoms with van der Waals surface area (Å²) in [6.45, 7) is 11.9. The van der Waals surface area contributed by atoms with Crippen molar-refractivity contribution in [3.8, 4) is 22.6 Å². The smallest absolute Gasteiger partial charge is 0.338 e. The number of hydrogen-bond acceptors (Lipinski definition) is 6. The van der Waals surface area contributed by atoms with Gasteiger partial charge < -0.3 is 18.9 Å². The molecule has 33 heavy (non-hydrogen) atoms. The molecule has 2 aromatic rings. The monoisotopic (exact) mass is 456 g/mol. The van der Waals surface area contributed by atoms with E-state index < -0.39 is 17.2 Å². The number of ether oxygens (including phenoxy) is 4. The van der Waals surface area contributed by atoms with Crippen LogP contribution in [0.4, 0.5) is 4.39 Å². The first kappa shape index (κ1) is 24.5. The highest BCUT2D eigenvalue weighted by Crippen LogP contribution is 2.32. The molecule has 1 fully saturated rings. The van der Waals surface area contributed by atoms with Gasteiger partial charge in [0.25, 0.3) is 0 Å². The molecular weight excluding hydrogens is 427 g/mol. The van der Waals surface area contributed by atoms with Crippen molar-refractivity contribution in [2.45, 2.75) is 27.7 Å². The highest BCUT2D eigenvalue weighted by molar-refractivity contribution is 5.88. The Bertz CT molecular complexity index is 1030. The SMILES string of the molecule is C=C(C)C(=O)Oc1ccc(-c2ccc(OCC3(COC(=O)C(C)(C)C)COC3)cc2)cc1F. The van der Waals surface area contributed by atoms with E-state index in [0.29, 0.717) is 31.1 Å². The van der Waals surface area contributed by atoms with Crippen LogP contribution >= 0.6 is 0 Å². The minimum absolute atomic E-state index is 0.146. The lowest BCUT2D eigenvalue weighted by molar-refractivity contribution is -0.183. The first-order valence-corrected chi connectivity index (χ1v) is 10.6. The van der Waals surface area contributed by atoms with Crippen LogP contribution in [0.2, 0.25) is 0 Å². The lowest BCUT2D eigenvalue weighted by Gasteiger charge is -2.40. The largest absolute Gasteiger partial charge is 0.493 e. The van der Waals surface area contributed by atoms with Gasteiger partial charge in [-0.05, 0) is 63.1 Å². The second kappa shape index (κ2) is 9.75. The van der Waals surface area contributed by atoms with E-state index in [9.17, 15) is 14.0 Å². The third kappa shape index (κ3) is 6.20. The average molecular weight is 457 g/mol. The maximum atomic E-state index is 14.4. The summed E-state index contributed by atoms with van der Waals surface area (Å²) in [4.78, 5) is 23.7. The van der Waals surface area contributed by atoms with Crippen LogP contribution in [-0.4, -0.2) is 38.4 Å². The third-order valence-electron chi connectivity index (χ3n) is 5.15. The van der Waals surface area contributed by atoms with Gasteiger partial charge in [-0.15, -0.1) is 0 Å². The zero-order valence-electron chi connectivity index (χ0n) is 19.4. The van der Waals surface area contributed by atoms with Gasteiger partial charge in [-0.1, -0.05) is 24.8 Å².